The molecule has 1 atom stereocenters. The molecule has 3 heterocycles. The number of nitrogens with two attached hydrogens (primary N) is 1. The first kappa shape index (κ1) is 24.6. The Morgan fingerprint density at radius 1 is 1.24 bits per heavy atom. The molecule has 0 spiro atoms. The van der Waals surface area contributed by atoms with Crippen LogP contribution < -0.4 is 11.2 Å². The van der Waals surface area contributed by atoms with E-state index in [1.807, 2.05) is 0 Å². The molecular weight excluding hydrogens is 430 g/mol. The molecule has 1 aromatic heterocycles. The molecule has 2 aliphatic heterocycles. The molecule has 0 radical (unpaired) electrons. The van der Waals surface area contributed by atoms with Gasteiger partial charge in [0.25, 0.3) is 5.91 Å². The maximum atomic E-state index is 12.7. The fourth-order valence-corrected chi connectivity index (χ4v) is 3.75. The van der Waals surface area contributed by atoms with E-state index in [4.69, 9.17) is 20.1 Å². The second-order valence-corrected chi connectivity index (χ2v) is 8.09. The molecule has 180 valence electrons. The molecule has 1 aromatic rings. The number of amides is 2. The number of pyridine rings is 1. The van der Waals surface area contributed by atoms with Gasteiger partial charge in [-0.15, -0.1) is 0 Å². The summed E-state index contributed by atoms with van der Waals surface area (Å²) in [6.07, 6.45) is 5.34. The highest BCUT2D eigenvalue weighted by atomic mass is 16.6. The Morgan fingerprint density at radius 3 is 2.61 bits per heavy atom. The van der Waals surface area contributed by atoms with Gasteiger partial charge in [0, 0.05) is 37.7 Å². The van der Waals surface area contributed by atoms with E-state index in [0.29, 0.717) is 57.6 Å². The van der Waals surface area contributed by atoms with E-state index in [2.05, 4.69) is 15.4 Å². The van der Waals surface area contributed by atoms with Crippen molar-refractivity contribution in [2.75, 3.05) is 32.9 Å². The number of piperidine rings is 1. The lowest BCUT2D eigenvalue weighted by molar-refractivity contribution is -0.161. The third-order valence-electron chi connectivity index (χ3n) is 5.62. The highest BCUT2D eigenvalue weighted by Gasteiger charge is 2.28. The first-order chi connectivity index (χ1) is 16.0. The predicted molar refractivity (Wildman–Crippen MR) is 118 cm³/mol. The van der Waals surface area contributed by atoms with Crippen LogP contribution in [0.1, 0.15) is 48.7 Å². The molecular formula is C22H31N5O6. The first-order valence-corrected chi connectivity index (χ1v) is 11.1. The molecule has 2 amide bonds. The number of ether oxygens (including phenoxy) is 3. The minimum Gasteiger partial charge on any atom is -0.460 e. The van der Waals surface area contributed by atoms with Gasteiger partial charge in [0.05, 0.1) is 25.5 Å². The fraction of sp³-hybridized carbons (Fsp3) is 0.591. The number of likely N-dealkylation sites (tertiary alicyclic amines) is 1. The maximum Gasteiger partial charge on any atom is 0.332 e. The summed E-state index contributed by atoms with van der Waals surface area (Å²) < 4.78 is 16.3. The number of carbonyl (C=O) groups is 3. The van der Waals surface area contributed by atoms with Crippen molar-refractivity contribution < 1.29 is 28.6 Å². The molecule has 2 fully saturated rings. The van der Waals surface area contributed by atoms with Crippen molar-refractivity contribution >= 4 is 24.0 Å². The molecule has 2 aliphatic rings. The molecule has 3 rings (SSSR count). The number of aromatic nitrogens is 1. The van der Waals surface area contributed by atoms with Crippen molar-refractivity contribution in [1.82, 2.24) is 15.2 Å². The number of hydrazone groups is 1. The summed E-state index contributed by atoms with van der Waals surface area (Å²) >= 11 is 0. The smallest absolute Gasteiger partial charge is 0.332 e. The van der Waals surface area contributed by atoms with Crippen LogP contribution >= 0.6 is 0 Å². The Morgan fingerprint density at radius 2 is 1.97 bits per heavy atom. The lowest BCUT2D eigenvalue weighted by Crippen LogP contribution is -2.50. The number of carbonyl (C=O) groups excluding carboxylic acids is 3. The van der Waals surface area contributed by atoms with Crippen LogP contribution in [0.3, 0.4) is 0 Å². The average molecular weight is 462 g/mol. The van der Waals surface area contributed by atoms with Crippen molar-refractivity contribution in [2.24, 2.45) is 10.9 Å². The summed E-state index contributed by atoms with van der Waals surface area (Å²) in [6.45, 7) is 3.75. The van der Waals surface area contributed by atoms with Gasteiger partial charge in [-0.2, -0.15) is 5.10 Å². The van der Waals surface area contributed by atoms with Crippen LogP contribution in [0.25, 0.3) is 0 Å². The van der Waals surface area contributed by atoms with Crippen LogP contribution in [0.5, 0.6) is 0 Å². The van der Waals surface area contributed by atoms with Gasteiger partial charge < -0.3 is 30.3 Å². The van der Waals surface area contributed by atoms with Gasteiger partial charge in [0.2, 0.25) is 5.91 Å². The van der Waals surface area contributed by atoms with Gasteiger partial charge in [-0.25, -0.2) is 4.79 Å². The molecule has 3 N–H and O–H groups in total. The molecule has 0 aliphatic carbocycles. The van der Waals surface area contributed by atoms with Gasteiger partial charge in [-0.05, 0) is 31.9 Å². The third kappa shape index (κ3) is 7.50. The van der Waals surface area contributed by atoms with Crippen LogP contribution in [-0.4, -0.2) is 85.0 Å². The Hall–Kier alpha value is -3.05. The van der Waals surface area contributed by atoms with Gasteiger partial charge in [0.15, 0.2) is 0 Å². The summed E-state index contributed by atoms with van der Waals surface area (Å²) in [5.41, 5.74) is 0.865. The molecule has 0 bridgehead atoms. The Bertz CT molecular complexity index is 832. The third-order valence-corrected chi connectivity index (χ3v) is 5.62. The Balaban J connectivity index is 1.37. The minimum atomic E-state index is -0.698. The molecule has 2 saturated heterocycles. The van der Waals surface area contributed by atoms with Gasteiger partial charge >= 0.3 is 5.97 Å². The summed E-state index contributed by atoms with van der Waals surface area (Å²) in [4.78, 5) is 42.8. The molecule has 0 aromatic carbocycles. The largest absolute Gasteiger partial charge is 0.460 e. The van der Waals surface area contributed by atoms with Crippen LogP contribution in [0.2, 0.25) is 0 Å². The lowest BCUT2D eigenvalue weighted by Gasteiger charge is -2.33. The van der Waals surface area contributed by atoms with Crippen LogP contribution in [0, 0.1) is 0 Å². The molecule has 33 heavy (non-hydrogen) atoms. The lowest BCUT2D eigenvalue weighted by atomic mass is 10.1. The van der Waals surface area contributed by atoms with Crippen LogP contribution in [0.4, 0.5) is 0 Å². The van der Waals surface area contributed by atoms with E-state index < -0.39 is 11.9 Å². The zero-order valence-electron chi connectivity index (χ0n) is 18.8. The molecule has 11 nitrogen and oxygen atoms in total. The number of nitrogens with zero attached hydrogens (tertiary/aromatic N) is 3. The van der Waals surface area contributed by atoms with E-state index in [0.717, 1.165) is 0 Å². The van der Waals surface area contributed by atoms with E-state index in [-0.39, 0.29) is 36.4 Å². The summed E-state index contributed by atoms with van der Waals surface area (Å²) in [6, 6.07) is 2.51. The predicted octanol–water partition coefficient (Wildman–Crippen LogP) is 0.222. The fourth-order valence-electron chi connectivity index (χ4n) is 3.75. The number of rotatable bonds is 8. The zero-order valence-corrected chi connectivity index (χ0v) is 18.8. The number of hydrogen-bond donors (Lipinski definition) is 2. The van der Waals surface area contributed by atoms with Crippen molar-refractivity contribution in [3.8, 4) is 0 Å². The maximum absolute atomic E-state index is 12.7. The summed E-state index contributed by atoms with van der Waals surface area (Å²) in [5, 5.41) is 6.08. The Labute approximate surface area is 192 Å². The van der Waals surface area contributed by atoms with Crippen LogP contribution in [-0.2, 0) is 23.8 Å². The topological polar surface area (TPSA) is 145 Å². The minimum absolute atomic E-state index is 0.0919. The highest BCUT2D eigenvalue weighted by molar-refractivity contribution is 5.96. The van der Waals surface area contributed by atoms with Crippen LogP contribution in [0.15, 0.2) is 23.4 Å². The van der Waals surface area contributed by atoms with E-state index in [1.165, 1.54) is 12.4 Å². The number of nitrogens with one attached hydrogen (secondary N) is 1. The SMILES string of the molecule is C[C@H](NC(=O)c1ccc(/C=N/N)cn1)C(=O)N1CCC(OCC(=O)OC2CCOCC2)CC1. The van der Waals surface area contributed by atoms with Crippen molar-refractivity contribution in [3.05, 3.63) is 29.6 Å². The molecule has 0 unspecified atom stereocenters. The standard InChI is InChI=1S/C22H31N5O6/c1-15(26-21(29)19-3-2-16(12-24-19)13-25-23)22(30)27-8-4-17(5-9-27)32-14-20(28)33-18-6-10-31-11-7-18/h2-3,12-13,15,17-18H,4-11,14,23H2,1H3,(H,26,29)/b25-13+/t15-/m0/s1. The van der Waals surface area contributed by atoms with E-state index in [9.17, 15) is 14.4 Å². The van der Waals surface area contributed by atoms with Gasteiger partial charge in [-0.1, -0.05) is 0 Å². The van der Waals surface area contributed by atoms with Crippen molar-refractivity contribution in [3.63, 3.8) is 0 Å². The van der Waals surface area contributed by atoms with E-state index >= 15 is 0 Å². The second kappa shape index (κ2) is 12.3. The number of hydrogen-bond acceptors (Lipinski definition) is 9. The van der Waals surface area contributed by atoms with Gasteiger partial charge in [0.1, 0.15) is 24.4 Å². The monoisotopic (exact) mass is 461 g/mol. The van der Waals surface area contributed by atoms with Crippen molar-refractivity contribution in [1.29, 1.82) is 0 Å². The van der Waals surface area contributed by atoms with Gasteiger partial charge in [-0.3, -0.25) is 14.6 Å². The normalized spacial score (nSPS) is 18.8. The second-order valence-electron chi connectivity index (χ2n) is 8.09. The summed E-state index contributed by atoms with van der Waals surface area (Å²) in [7, 11) is 0. The zero-order chi connectivity index (χ0) is 23.6. The number of esters is 1. The van der Waals surface area contributed by atoms with E-state index in [1.54, 1.807) is 24.0 Å². The van der Waals surface area contributed by atoms with Crippen molar-refractivity contribution in [2.45, 2.75) is 50.9 Å². The quantitative estimate of drug-likeness (QED) is 0.242. The summed E-state index contributed by atoms with van der Waals surface area (Å²) in [5.74, 6) is 4.11. The highest BCUT2D eigenvalue weighted by Crippen LogP contribution is 2.16. The molecule has 11 heteroatoms. The average Bonchev–Trinajstić information content (AvgIpc) is 2.84. The Kier molecular flexibility index (Phi) is 9.14. The first-order valence-electron chi connectivity index (χ1n) is 11.1. The molecule has 0 saturated carbocycles.